The number of aryl methyl sites for hydroxylation is 1. The second-order valence-electron chi connectivity index (χ2n) is 3.88. The molecule has 0 N–H and O–H groups in total. The van der Waals surface area contributed by atoms with E-state index in [-0.39, 0.29) is 6.42 Å². The number of nitrogens with zero attached hydrogens (tertiary/aromatic N) is 2. The van der Waals surface area contributed by atoms with E-state index in [0.29, 0.717) is 12.5 Å². The van der Waals surface area contributed by atoms with E-state index in [1.165, 1.54) is 0 Å². The molecule has 0 unspecified atom stereocenters. The van der Waals surface area contributed by atoms with Gasteiger partial charge in [0, 0.05) is 19.2 Å². The Morgan fingerprint density at radius 2 is 2.07 bits per heavy atom. The summed E-state index contributed by atoms with van der Waals surface area (Å²) in [6, 6.07) is 1.85. The van der Waals surface area contributed by atoms with Crippen molar-refractivity contribution in [2.24, 2.45) is 0 Å². The smallest absolute Gasteiger partial charge is 0.272 e. The lowest BCUT2D eigenvalue weighted by Crippen LogP contribution is -2.09. The highest BCUT2D eigenvalue weighted by Gasteiger charge is 2.26. The Morgan fingerprint density at radius 3 is 2.53 bits per heavy atom. The third-order valence-electron chi connectivity index (χ3n) is 2.10. The van der Waals surface area contributed by atoms with Crippen molar-refractivity contribution in [2.45, 2.75) is 45.3 Å². The highest BCUT2D eigenvalue weighted by molar-refractivity contribution is 5.03. The van der Waals surface area contributed by atoms with E-state index in [9.17, 15) is 13.2 Å². The predicted molar refractivity (Wildman–Crippen MR) is 51.6 cm³/mol. The highest BCUT2D eigenvalue weighted by atomic mass is 19.4. The van der Waals surface area contributed by atoms with Crippen molar-refractivity contribution in [2.75, 3.05) is 0 Å². The van der Waals surface area contributed by atoms with Crippen LogP contribution in [0.15, 0.2) is 12.3 Å². The fourth-order valence-electron chi connectivity index (χ4n) is 1.25. The summed E-state index contributed by atoms with van der Waals surface area (Å²) in [4.78, 5) is 0. The van der Waals surface area contributed by atoms with Crippen LogP contribution < -0.4 is 0 Å². The molecule has 5 heteroatoms. The molecule has 1 aromatic rings. The van der Waals surface area contributed by atoms with E-state index in [1.807, 2.05) is 19.9 Å². The molecule has 1 aromatic heterocycles. The molecule has 0 fully saturated rings. The zero-order valence-electron chi connectivity index (χ0n) is 8.88. The first-order valence-corrected chi connectivity index (χ1v) is 4.98. The van der Waals surface area contributed by atoms with Gasteiger partial charge in [-0.3, -0.25) is 4.68 Å². The molecule has 2 nitrogen and oxygen atoms in total. The Balaban J connectivity index is 2.38. The molecule has 0 aliphatic heterocycles. The molecule has 0 bridgehead atoms. The van der Waals surface area contributed by atoms with Crippen molar-refractivity contribution in [1.29, 1.82) is 0 Å². The largest absolute Gasteiger partial charge is 0.389 e. The summed E-state index contributed by atoms with van der Waals surface area (Å²) in [6.07, 6.45) is -2.99. The van der Waals surface area contributed by atoms with Gasteiger partial charge in [-0.15, -0.1) is 0 Å². The van der Waals surface area contributed by atoms with Crippen LogP contribution in [0.5, 0.6) is 0 Å². The van der Waals surface area contributed by atoms with Crippen molar-refractivity contribution in [3.05, 3.63) is 18.0 Å². The molecule has 0 aromatic carbocycles. The predicted octanol–water partition coefficient (Wildman–Crippen LogP) is 3.35. The van der Waals surface area contributed by atoms with Gasteiger partial charge in [-0.25, -0.2) is 0 Å². The Morgan fingerprint density at radius 1 is 1.40 bits per heavy atom. The molecule has 86 valence electrons. The molecule has 1 heterocycles. The van der Waals surface area contributed by atoms with Gasteiger partial charge in [-0.2, -0.15) is 18.3 Å². The first kappa shape index (κ1) is 12.1. The first-order chi connectivity index (χ1) is 6.88. The van der Waals surface area contributed by atoms with Crippen LogP contribution in [0.3, 0.4) is 0 Å². The highest BCUT2D eigenvalue weighted by Crippen LogP contribution is 2.21. The van der Waals surface area contributed by atoms with E-state index >= 15 is 0 Å². The van der Waals surface area contributed by atoms with E-state index < -0.39 is 12.6 Å². The van der Waals surface area contributed by atoms with Crippen molar-refractivity contribution in [3.8, 4) is 0 Å². The molecular weight excluding hydrogens is 205 g/mol. The lowest BCUT2D eigenvalue weighted by atomic mass is 10.1. The summed E-state index contributed by atoms with van der Waals surface area (Å²) >= 11 is 0. The molecule has 0 aliphatic carbocycles. The van der Waals surface area contributed by atoms with Crippen LogP contribution in [0.2, 0.25) is 0 Å². The van der Waals surface area contributed by atoms with Gasteiger partial charge in [0.2, 0.25) is 0 Å². The van der Waals surface area contributed by atoms with E-state index in [1.54, 1.807) is 10.9 Å². The monoisotopic (exact) mass is 220 g/mol. The second-order valence-corrected chi connectivity index (χ2v) is 3.88. The van der Waals surface area contributed by atoms with E-state index in [4.69, 9.17) is 0 Å². The number of hydrogen-bond acceptors (Lipinski definition) is 1. The molecule has 0 aliphatic rings. The van der Waals surface area contributed by atoms with Crippen LogP contribution in [0.1, 0.15) is 38.3 Å². The molecule has 0 spiro atoms. The minimum absolute atomic E-state index is 0.0860. The topological polar surface area (TPSA) is 17.8 Å². The molecule has 15 heavy (non-hydrogen) atoms. The number of rotatable bonds is 4. The Kier molecular flexibility index (Phi) is 3.77. The van der Waals surface area contributed by atoms with Gasteiger partial charge >= 0.3 is 6.18 Å². The van der Waals surface area contributed by atoms with Crippen LogP contribution in [-0.2, 0) is 6.54 Å². The lowest BCUT2D eigenvalue weighted by Gasteiger charge is -2.05. The molecule has 1 rings (SSSR count). The molecule has 0 atom stereocenters. The van der Waals surface area contributed by atoms with Gasteiger partial charge in [0.15, 0.2) is 0 Å². The van der Waals surface area contributed by atoms with Gasteiger partial charge < -0.3 is 0 Å². The third kappa shape index (κ3) is 4.36. The Bertz CT molecular complexity index is 302. The van der Waals surface area contributed by atoms with Crippen molar-refractivity contribution in [1.82, 2.24) is 9.78 Å². The van der Waals surface area contributed by atoms with Gasteiger partial charge in [0.1, 0.15) is 0 Å². The zero-order valence-corrected chi connectivity index (χ0v) is 8.88. The van der Waals surface area contributed by atoms with E-state index in [0.717, 1.165) is 5.69 Å². The maximum atomic E-state index is 11.9. The normalized spacial score (nSPS) is 12.4. The summed E-state index contributed by atoms with van der Waals surface area (Å²) in [7, 11) is 0. The summed E-state index contributed by atoms with van der Waals surface area (Å²) in [5.74, 6) is 0.314. The molecular formula is C10H15F3N2. The maximum Gasteiger partial charge on any atom is 0.389 e. The number of hydrogen-bond donors (Lipinski definition) is 0. The summed E-state index contributed by atoms with van der Waals surface area (Å²) in [5, 5.41) is 4.18. The van der Waals surface area contributed by atoms with Crippen molar-refractivity contribution < 1.29 is 13.2 Å². The van der Waals surface area contributed by atoms with Crippen LogP contribution >= 0.6 is 0 Å². The summed E-state index contributed by atoms with van der Waals surface area (Å²) in [5.41, 5.74) is 0.919. The minimum atomic E-state index is -4.06. The average Bonchev–Trinajstić information content (AvgIpc) is 2.50. The molecule has 0 amide bonds. The van der Waals surface area contributed by atoms with E-state index in [2.05, 4.69) is 5.10 Å². The standard InChI is InChI=1S/C10H15F3N2/c1-8(2)9-4-7-15(14-9)6-3-5-10(11,12)13/h4,7-8H,3,5-6H2,1-2H3. The SMILES string of the molecule is CC(C)c1ccn(CCCC(F)(F)F)n1. The summed E-state index contributed by atoms with van der Waals surface area (Å²) < 4.78 is 37.2. The lowest BCUT2D eigenvalue weighted by molar-refractivity contribution is -0.136. The zero-order chi connectivity index (χ0) is 11.5. The van der Waals surface area contributed by atoms with Crippen LogP contribution in [0.4, 0.5) is 13.2 Å². The van der Waals surface area contributed by atoms with Gasteiger partial charge in [-0.1, -0.05) is 13.8 Å². The number of alkyl halides is 3. The van der Waals surface area contributed by atoms with Crippen LogP contribution in [-0.4, -0.2) is 16.0 Å². The summed E-state index contributed by atoms with van der Waals surface area (Å²) in [6.45, 7) is 4.33. The fraction of sp³-hybridized carbons (Fsp3) is 0.700. The van der Waals surface area contributed by atoms with Gasteiger partial charge in [0.25, 0.3) is 0 Å². The quantitative estimate of drug-likeness (QED) is 0.760. The van der Waals surface area contributed by atoms with Crippen molar-refractivity contribution in [3.63, 3.8) is 0 Å². The molecule has 0 saturated carbocycles. The average molecular weight is 220 g/mol. The minimum Gasteiger partial charge on any atom is -0.272 e. The fourth-order valence-corrected chi connectivity index (χ4v) is 1.25. The van der Waals surface area contributed by atoms with Gasteiger partial charge in [-0.05, 0) is 18.4 Å². The number of halogens is 3. The molecule has 0 saturated heterocycles. The second kappa shape index (κ2) is 4.68. The Hall–Kier alpha value is -1.00. The van der Waals surface area contributed by atoms with Crippen molar-refractivity contribution >= 4 is 0 Å². The third-order valence-corrected chi connectivity index (χ3v) is 2.10. The van der Waals surface area contributed by atoms with Crippen LogP contribution in [0, 0.1) is 0 Å². The first-order valence-electron chi connectivity index (χ1n) is 4.98. The van der Waals surface area contributed by atoms with Gasteiger partial charge in [0.05, 0.1) is 5.69 Å². The number of aromatic nitrogens is 2. The molecule has 0 radical (unpaired) electrons. The Labute approximate surface area is 87.1 Å². The van der Waals surface area contributed by atoms with Crippen LogP contribution in [0.25, 0.3) is 0 Å². The maximum absolute atomic E-state index is 11.9.